The van der Waals surface area contributed by atoms with Crippen molar-refractivity contribution in [3.8, 4) is 0 Å². The van der Waals surface area contributed by atoms with E-state index in [2.05, 4.69) is 20.1 Å². The van der Waals surface area contributed by atoms with Gasteiger partial charge in [-0.1, -0.05) is 6.07 Å². The van der Waals surface area contributed by atoms with Gasteiger partial charge in [-0.25, -0.2) is 0 Å². The van der Waals surface area contributed by atoms with Crippen LogP contribution in [0.3, 0.4) is 0 Å². The average Bonchev–Trinajstić information content (AvgIpc) is 2.92. The van der Waals surface area contributed by atoms with Gasteiger partial charge in [-0.15, -0.1) is 10.2 Å². The van der Waals surface area contributed by atoms with Crippen molar-refractivity contribution < 1.29 is 4.79 Å². The molecule has 0 saturated carbocycles. The molecular formula is C17H18N6O. The third kappa shape index (κ3) is 2.68. The fourth-order valence-electron chi connectivity index (χ4n) is 3.04. The Labute approximate surface area is 139 Å². The molecule has 122 valence electrons. The zero-order valence-corrected chi connectivity index (χ0v) is 13.2. The zero-order chi connectivity index (χ0) is 16.4. The molecule has 0 N–H and O–H groups in total. The van der Waals surface area contributed by atoms with Crippen molar-refractivity contribution >= 4 is 17.5 Å². The maximum atomic E-state index is 12.6. The van der Waals surface area contributed by atoms with Crippen LogP contribution < -0.4 is 4.90 Å². The van der Waals surface area contributed by atoms with Gasteiger partial charge in [-0.3, -0.25) is 14.2 Å². The molecular weight excluding hydrogens is 304 g/mol. The molecule has 0 unspecified atom stereocenters. The number of fused-ring (bicyclic) bond motifs is 1. The standard InChI is InChI=1S/C17H18N6O/c24-16(14-5-7-18-8-6-14)21-9-3-10-22(13-12-21)17-20-19-15-4-1-2-11-23(15)17/h1-2,4-8,11H,3,9-10,12-13H2. The smallest absolute Gasteiger partial charge is 0.254 e. The van der Waals surface area contributed by atoms with E-state index in [0.717, 1.165) is 37.7 Å². The molecule has 7 nitrogen and oxygen atoms in total. The Morgan fingerprint density at radius 2 is 1.83 bits per heavy atom. The molecule has 0 bridgehead atoms. The summed E-state index contributed by atoms with van der Waals surface area (Å²) in [4.78, 5) is 20.7. The molecule has 0 spiro atoms. The Hall–Kier alpha value is -2.96. The highest BCUT2D eigenvalue weighted by Gasteiger charge is 2.22. The Kier molecular flexibility index (Phi) is 3.82. The molecule has 0 aromatic carbocycles. The summed E-state index contributed by atoms with van der Waals surface area (Å²) >= 11 is 0. The number of amides is 1. The van der Waals surface area contributed by atoms with Crippen molar-refractivity contribution in [2.45, 2.75) is 6.42 Å². The quantitative estimate of drug-likeness (QED) is 0.715. The van der Waals surface area contributed by atoms with E-state index in [1.807, 2.05) is 33.7 Å². The number of nitrogens with zero attached hydrogens (tertiary/aromatic N) is 6. The van der Waals surface area contributed by atoms with Crippen molar-refractivity contribution in [2.75, 3.05) is 31.1 Å². The summed E-state index contributed by atoms with van der Waals surface area (Å²) in [5.41, 5.74) is 1.52. The fraction of sp³-hybridized carbons (Fsp3) is 0.294. The minimum absolute atomic E-state index is 0.0605. The van der Waals surface area contributed by atoms with Crippen LogP contribution in [0.2, 0.25) is 0 Å². The fourth-order valence-corrected chi connectivity index (χ4v) is 3.04. The third-order valence-electron chi connectivity index (χ3n) is 4.29. The van der Waals surface area contributed by atoms with Crippen molar-refractivity contribution in [3.63, 3.8) is 0 Å². The van der Waals surface area contributed by atoms with Crippen LogP contribution in [0.25, 0.3) is 5.65 Å². The van der Waals surface area contributed by atoms with Crippen LogP contribution in [-0.4, -0.2) is 56.6 Å². The predicted octanol–water partition coefficient (Wildman–Crippen LogP) is 1.48. The van der Waals surface area contributed by atoms with Gasteiger partial charge in [0.05, 0.1) is 0 Å². The second kappa shape index (κ2) is 6.27. The molecule has 1 aliphatic rings. The Bertz CT molecular complexity index is 846. The molecule has 1 saturated heterocycles. The largest absolute Gasteiger partial charge is 0.339 e. The van der Waals surface area contributed by atoms with Gasteiger partial charge >= 0.3 is 0 Å². The molecule has 3 aromatic heterocycles. The molecule has 0 aliphatic carbocycles. The number of anilines is 1. The summed E-state index contributed by atoms with van der Waals surface area (Å²) in [5, 5.41) is 8.53. The highest BCUT2D eigenvalue weighted by Crippen LogP contribution is 2.16. The van der Waals surface area contributed by atoms with E-state index in [-0.39, 0.29) is 5.91 Å². The topological polar surface area (TPSA) is 66.6 Å². The first kappa shape index (κ1) is 14.6. The summed E-state index contributed by atoms with van der Waals surface area (Å²) < 4.78 is 1.99. The summed E-state index contributed by atoms with van der Waals surface area (Å²) in [6, 6.07) is 9.38. The van der Waals surface area contributed by atoms with E-state index in [4.69, 9.17) is 0 Å². The third-order valence-corrected chi connectivity index (χ3v) is 4.29. The van der Waals surface area contributed by atoms with E-state index in [9.17, 15) is 4.79 Å². The average molecular weight is 322 g/mol. The summed E-state index contributed by atoms with van der Waals surface area (Å²) in [5.74, 6) is 0.897. The van der Waals surface area contributed by atoms with Gasteiger partial charge in [0.1, 0.15) is 0 Å². The lowest BCUT2D eigenvalue weighted by atomic mass is 10.2. The number of carbonyl (C=O) groups excluding carboxylic acids is 1. The second-order valence-electron chi connectivity index (χ2n) is 5.80. The Morgan fingerprint density at radius 1 is 0.958 bits per heavy atom. The molecule has 4 heterocycles. The zero-order valence-electron chi connectivity index (χ0n) is 13.2. The lowest BCUT2D eigenvalue weighted by molar-refractivity contribution is 0.0767. The number of carbonyl (C=O) groups is 1. The van der Waals surface area contributed by atoms with Crippen LogP contribution in [-0.2, 0) is 0 Å². The van der Waals surface area contributed by atoms with E-state index in [1.165, 1.54) is 0 Å². The second-order valence-corrected chi connectivity index (χ2v) is 5.80. The van der Waals surface area contributed by atoms with E-state index in [0.29, 0.717) is 12.1 Å². The van der Waals surface area contributed by atoms with Crippen LogP contribution in [0.1, 0.15) is 16.8 Å². The molecule has 0 radical (unpaired) electrons. The van der Waals surface area contributed by atoms with Gasteiger partial charge in [0.2, 0.25) is 5.95 Å². The van der Waals surface area contributed by atoms with Crippen LogP contribution >= 0.6 is 0 Å². The first-order chi connectivity index (χ1) is 11.8. The minimum atomic E-state index is 0.0605. The number of aromatic nitrogens is 4. The van der Waals surface area contributed by atoms with Crippen molar-refractivity contribution in [3.05, 3.63) is 54.5 Å². The highest BCUT2D eigenvalue weighted by atomic mass is 16.2. The SMILES string of the molecule is O=C(c1ccncc1)N1CCCN(c2nnc3ccccn23)CC1. The van der Waals surface area contributed by atoms with Crippen LogP contribution in [0.4, 0.5) is 5.95 Å². The number of hydrogen-bond donors (Lipinski definition) is 0. The Balaban J connectivity index is 1.51. The normalized spacial score (nSPS) is 15.5. The number of hydrogen-bond acceptors (Lipinski definition) is 5. The maximum absolute atomic E-state index is 12.6. The van der Waals surface area contributed by atoms with Crippen molar-refractivity contribution in [1.82, 2.24) is 24.5 Å². The number of rotatable bonds is 2. The van der Waals surface area contributed by atoms with Gasteiger partial charge in [0.25, 0.3) is 5.91 Å². The summed E-state index contributed by atoms with van der Waals surface area (Å²) in [6.45, 7) is 3.01. The molecule has 24 heavy (non-hydrogen) atoms. The van der Waals surface area contributed by atoms with E-state index in [1.54, 1.807) is 24.5 Å². The van der Waals surface area contributed by atoms with E-state index >= 15 is 0 Å². The number of pyridine rings is 2. The van der Waals surface area contributed by atoms with Gasteiger partial charge < -0.3 is 9.80 Å². The summed E-state index contributed by atoms with van der Waals surface area (Å²) in [6.07, 6.45) is 6.17. The Morgan fingerprint density at radius 3 is 2.71 bits per heavy atom. The lowest BCUT2D eigenvalue weighted by Gasteiger charge is -2.22. The first-order valence-corrected chi connectivity index (χ1v) is 8.07. The van der Waals surface area contributed by atoms with Gasteiger partial charge in [-0.2, -0.15) is 0 Å². The van der Waals surface area contributed by atoms with E-state index < -0.39 is 0 Å². The summed E-state index contributed by atoms with van der Waals surface area (Å²) in [7, 11) is 0. The lowest BCUT2D eigenvalue weighted by Crippen LogP contribution is -2.35. The van der Waals surface area contributed by atoms with Crippen molar-refractivity contribution in [1.29, 1.82) is 0 Å². The maximum Gasteiger partial charge on any atom is 0.254 e. The first-order valence-electron chi connectivity index (χ1n) is 8.07. The molecule has 1 aliphatic heterocycles. The van der Waals surface area contributed by atoms with Crippen molar-refractivity contribution in [2.24, 2.45) is 0 Å². The van der Waals surface area contributed by atoms with Crippen LogP contribution in [0, 0.1) is 0 Å². The highest BCUT2D eigenvalue weighted by molar-refractivity contribution is 5.94. The molecule has 1 amide bonds. The van der Waals surface area contributed by atoms with Gasteiger partial charge in [0, 0.05) is 50.3 Å². The molecule has 7 heteroatoms. The predicted molar refractivity (Wildman–Crippen MR) is 90.0 cm³/mol. The molecule has 4 rings (SSSR count). The van der Waals surface area contributed by atoms with Gasteiger partial charge in [0.15, 0.2) is 5.65 Å². The van der Waals surface area contributed by atoms with Crippen LogP contribution in [0.15, 0.2) is 48.9 Å². The molecule has 0 atom stereocenters. The van der Waals surface area contributed by atoms with Gasteiger partial charge in [-0.05, 0) is 30.7 Å². The van der Waals surface area contributed by atoms with Crippen LogP contribution in [0.5, 0.6) is 0 Å². The monoisotopic (exact) mass is 322 g/mol. The minimum Gasteiger partial charge on any atom is -0.339 e. The molecule has 3 aromatic rings. The molecule has 1 fully saturated rings.